The molecule has 3 aromatic rings. The summed E-state index contributed by atoms with van der Waals surface area (Å²) >= 11 is 0. The van der Waals surface area contributed by atoms with E-state index < -0.39 is 0 Å². The molecule has 0 bridgehead atoms. The highest BCUT2D eigenvalue weighted by Crippen LogP contribution is 2.24. The maximum Gasteiger partial charge on any atom is 0.307 e. The Morgan fingerprint density at radius 2 is 1.83 bits per heavy atom. The lowest BCUT2D eigenvalue weighted by Crippen LogP contribution is -2.26. The van der Waals surface area contributed by atoms with Crippen LogP contribution >= 0.6 is 0 Å². The van der Waals surface area contributed by atoms with Gasteiger partial charge in [-0.15, -0.1) is 0 Å². The summed E-state index contributed by atoms with van der Waals surface area (Å²) in [6.45, 7) is 4.47. The van der Waals surface area contributed by atoms with Gasteiger partial charge in [0.25, 0.3) is 5.91 Å². The third-order valence-corrected chi connectivity index (χ3v) is 4.83. The van der Waals surface area contributed by atoms with Crippen LogP contribution in [0, 0.1) is 0 Å². The highest BCUT2D eigenvalue weighted by Gasteiger charge is 2.12. The van der Waals surface area contributed by atoms with E-state index in [1.54, 1.807) is 19.1 Å². The highest BCUT2D eigenvalue weighted by atomic mass is 16.5. The van der Waals surface area contributed by atoms with Crippen LogP contribution in [0.5, 0.6) is 0 Å². The first-order chi connectivity index (χ1) is 14.6. The van der Waals surface area contributed by atoms with Crippen LogP contribution in [0.25, 0.3) is 10.9 Å². The molecule has 0 fully saturated rings. The predicted molar refractivity (Wildman–Crippen MR) is 118 cm³/mol. The van der Waals surface area contributed by atoms with E-state index in [1.165, 1.54) is 0 Å². The molecule has 1 unspecified atom stereocenters. The second-order valence-electron chi connectivity index (χ2n) is 6.95. The number of nitrogens with one attached hydrogen (secondary N) is 2. The van der Waals surface area contributed by atoms with Gasteiger partial charge in [0.1, 0.15) is 0 Å². The van der Waals surface area contributed by atoms with E-state index >= 15 is 0 Å². The normalized spacial score (nSPS) is 11.7. The number of benzene rings is 2. The van der Waals surface area contributed by atoms with E-state index in [-0.39, 0.29) is 30.9 Å². The molecule has 2 aromatic carbocycles. The maximum absolute atomic E-state index is 12.3. The lowest BCUT2D eigenvalue weighted by molar-refractivity contribution is -0.142. The van der Waals surface area contributed by atoms with Crippen LogP contribution in [-0.2, 0) is 9.53 Å². The van der Waals surface area contributed by atoms with Crippen molar-refractivity contribution >= 4 is 28.5 Å². The number of aromatic nitrogens is 1. The van der Waals surface area contributed by atoms with Crippen molar-refractivity contribution in [1.82, 2.24) is 10.3 Å². The Hall–Kier alpha value is -3.41. The van der Waals surface area contributed by atoms with Crippen LogP contribution in [-0.4, -0.2) is 30.0 Å². The summed E-state index contributed by atoms with van der Waals surface area (Å²) in [4.78, 5) is 28.1. The Morgan fingerprint density at radius 3 is 2.57 bits per heavy atom. The van der Waals surface area contributed by atoms with Crippen molar-refractivity contribution in [2.75, 3.05) is 18.5 Å². The molecule has 156 valence electrons. The van der Waals surface area contributed by atoms with E-state index in [0.29, 0.717) is 12.2 Å². The Kier molecular flexibility index (Phi) is 7.38. The molecule has 1 aromatic heterocycles. The number of para-hydroxylation sites is 1. The van der Waals surface area contributed by atoms with Crippen LogP contribution in [0.1, 0.15) is 48.7 Å². The third kappa shape index (κ3) is 5.56. The van der Waals surface area contributed by atoms with Crippen LogP contribution in [0.4, 0.5) is 5.69 Å². The predicted octanol–water partition coefficient (Wildman–Crippen LogP) is 4.48. The monoisotopic (exact) mass is 405 g/mol. The number of nitrogens with zero attached hydrogens (tertiary/aromatic N) is 1. The number of carbonyl (C=O) groups excluding carboxylic acids is 2. The van der Waals surface area contributed by atoms with E-state index in [1.807, 2.05) is 42.6 Å². The average Bonchev–Trinajstić information content (AvgIpc) is 2.77. The fraction of sp³-hybridized carbons (Fsp3) is 0.292. The summed E-state index contributed by atoms with van der Waals surface area (Å²) in [7, 11) is 0. The minimum absolute atomic E-state index is 0.105. The van der Waals surface area contributed by atoms with Crippen molar-refractivity contribution in [2.24, 2.45) is 0 Å². The molecule has 0 aliphatic heterocycles. The van der Waals surface area contributed by atoms with Gasteiger partial charge in [-0.1, -0.05) is 37.3 Å². The van der Waals surface area contributed by atoms with Gasteiger partial charge in [0.15, 0.2) is 0 Å². The number of carbonyl (C=O) groups is 2. The van der Waals surface area contributed by atoms with Gasteiger partial charge < -0.3 is 15.4 Å². The first-order valence-electron chi connectivity index (χ1n) is 10.3. The Labute approximate surface area is 176 Å². The fourth-order valence-corrected chi connectivity index (χ4v) is 3.25. The lowest BCUT2D eigenvalue weighted by atomic mass is 10.0. The van der Waals surface area contributed by atoms with Gasteiger partial charge in [-0.25, -0.2) is 0 Å². The van der Waals surface area contributed by atoms with Gasteiger partial charge in [0, 0.05) is 17.5 Å². The molecule has 0 radical (unpaired) electrons. The van der Waals surface area contributed by atoms with Gasteiger partial charge in [-0.05, 0) is 43.2 Å². The van der Waals surface area contributed by atoms with Crippen molar-refractivity contribution in [3.05, 3.63) is 71.9 Å². The largest absolute Gasteiger partial charge is 0.466 e. The summed E-state index contributed by atoms with van der Waals surface area (Å²) in [5.74, 6) is -0.515. The second kappa shape index (κ2) is 10.4. The summed E-state index contributed by atoms with van der Waals surface area (Å²) in [5, 5.41) is 7.36. The van der Waals surface area contributed by atoms with Gasteiger partial charge in [-0.2, -0.15) is 0 Å². The minimum atomic E-state index is -0.312. The number of hydrogen-bond donors (Lipinski definition) is 2. The molecule has 0 aliphatic rings. The Morgan fingerprint density at radius 1 is 1.07 bits per heavy atom. The molecule has 0 saturated heterocycles. The standard InChI is InChI=1S/C24H27N3O3/c1-3-21(27-20-15-19-7-5-6-8-22(19)26-16-20)17-9-11-18(12-10-17)24(29)25-14-13-23(28)30-4-2/h5-12,15-16,21,27H,3-4,13-14H2,1-2H3,(H,25,29). The molecular weight excluding hydrogens is 378 g/mol. The number of fused-ring (bicyclic) bond motifs is 1. The first kappa shape index (κ1) is 21.3. The zero-order chi connectivity index (χ0) is 21.3. The van der Waals surface area contributed by atoms with Crippen molar-refractivity contribution in [2.45, 2.75) is 32.7 Å². The zero-order valence-electron chi connectivity index (χ0n) is 17.4. The number of esters is 1. The van der Waals surface area contributed by atoms with E-state index in [9.17, 15) is 9.59 Å². The topological polar surface area (TPSA) is 80.3 Å². The summed E-state index contributed by atoms with van der Waals surface area (Å²) < 4.78 is 4.85. The molecule has 1 heterocycles. The molecule has 0 saturated carbocycles. The van der Waals surface area contributed by atoms with Crippen LogP contribution in [0.2, 0.25) is 0 Å². The molecule has 1 amide bonds. The quantitative estimate of drug-likeness (QED) is 0.513. The number of ether oxygens (including phenoxy) is 1. The lowest BCUT2D eigenvalue weighted by Gasteiger charge is -2.19. The molecule has 0 spiro atoms. The molecule has 2 N–H and O–H groups in total. The van der Waals surface area contributed by atoms with E-state index in [4.69, 9.17) is 4.74 Å². The van der Waals surface area contributed by atoms with Gasteiger partial charge in [0.05, 0.1) is 36.5 Å². The zero-order valence-corrected chi connectivity index (χ0v) is 17.4. The number of amides is 1. The van der Waals surface area contributed by atoms with Crippen molar-refractivity contribution < 1.29 is 14.3 Å². The van der Waals surface area contributed by atoms with Crippen LogP contribution < -0.4 is 10.6 Å². The Balaban J connectivity index is 1.61. The number of hydrogen-bond acceptors (Lipinski definition) is 5. The average molecular weight is 405 g/mol. The number of rotatable bonds is 9. The number of pyridine rings is 1. The molecular formula is C24H27N3O3. The third-order valence-electron chi connectivity index (χ3n) is 4.83. The summed E-state index contributed by atoms with van der Waals surface area (Å²) in [6.07, 6.45) is 2.90. The first-order valence-corrected chi connectivity index (χ1v) is 10.3. The molecule has 0 aliphatic carbocycles. The van der Waals surface area contributed by atoms with E-state index in [2.05, 4.69) is 28.6 Å². The van der Waals surface area contributed by atoms with Crippen LogP contribution in [0.15, 0.2) is 60.8 Å². The van der Waals surface area contributed by atoms with Crippen molar-refractivity contribution in [3.63, 3.8) is 0 Å². The van der Waals surface area contributed by atoms with Crippen molar-refractivity contribution in [1.29, 1.82) is 0 Å². The Bertz CT molecular complexity index is 1000. The van der Waals surface area contributed by atoms with E-state index in [0.717, 1.165) is 28.6 Å². The minimum Gasteiger partial charge on any atom is -0.466 e. The number of anilines is 1. The summed E-state index contributed by atoms with van der Waals surface area (Å²) in [6, 6.07) is 17.7. The molecule has 3 rings (SSSR count). The highest BCUT2D eigenvalue weighted by molar-refractivity contribution is 5.94. The maximum atomic E-state index is 12.3. The van der Waals surface area contributed by atoms with Gasteiger partial charge in [-0.3, -0.25) is 14.6 Å². The fourth-order valence-electron chi connectivity index (χ4n) is 3.25. The molecule has 30 heavy (non-hydrogen) atoms. The van der Waals surface area contributed by atoms with Gasteiger partial charge in [0.2, 0.25) is 0 Å². The smallest absolute Gasteiger partial charge is 0.307 e. The molecule has 1 atom stereocenters. The SMILES string of the molecule is CCOC(=O)CCNC(=O)c1ccc(C(CC)Nc2cnc3ccccc3c2)cc1. The summed E-state index contributed by atoms with van der Waals surface area (Å²) in [5.41, 5.74) is 3.58. The van der Waals surface area contributed by atoms with Crippen molar-refractivity contribution in [3.8, 4) is 0 Å². The molecule has 6 heteroatoms. The van der Waals surface area contributed by atoms with Gasteiger partial charge >= 0.3 is 5.97 Å². The molecule has 6 nitrogen and oxygen atoms in total. The van der Waals surface area contributed by atoms with Crippen LogP contribution in [0.3, 0.4) is 0 Å². The second-order valence-corrected chi connectivity index (χ2v) is 6.95.